The summed E-state index contributed by atoms with van der Waals surface area (Å²) >= 11 is 1.34. The normalized spacial score (nSPS) is 22.6. The maximum atomic E-state index is 15.1. The van der Waals surface area contributed by atoms with Gasteiger partial charge in [0.25, 0.3) is 0 Å². The van der Waals surface area contributed by atoms with Crippen molar-refractivity contribution >= 4 is 32.8 Å². The monoisotopic (exact) mass is 609 g/mol. The van der Waals surface area contributed by atoms with Crippen molar-refractivity contribution < 1.29 is 22.3 Å². The fourth-order valence-corrected chi connectivity index (χ4v) is 8.21. The predicted octanol–water partition coefficient (Wildman–Crippen LogP) is 4.70. The number of benzene rings is 1. The van der Waals surface area contributed by atoms with Crippen LogP contribution < -0.4 is 15.0 Å². The van der Waals surface area contributed by atoms with Crippen LogP contribution >= 0.6 is 11.3 Å². The largest absolute Gasteiger partial charge is 0.495 e. The number of amides is 1. The number of anilines is 1. The summed E-state index contributed by atoms with van der Waals surface area (Å²) in [5, 5.41) is 13.0. The van der Waals surface area contributed by atoms with Gasteiger partial charge in [-0.05, 0) is 43.4 Å². The Labute approximate surface area is 248 Å². The molecule has 1 amide bonds. The number of hydrogen-bond donors (Lipinski definition) is 1. The van der Waals surface area contributed by atoms with Crippen LogP contribution in [0.25, 0.3) is 21.1 Å². The van der Waals surface area contributed by atoms with Gasteiger partial charge in [-0.25, -0.2) is 22.8 Å². The molecule has 0 bridgehead atoms. The van der Waals surface area contributed by atoms with Gasteiger partial charge in [0.05, 0.1) is 41.5 Å². The smallest absolute Gasteiger partial charge is 0.225 e. The molecule has 2 aliphatic carbocycles. The maximum absolute atomic E-state index is 15.1. The minimum Gasteiger partial charge on any atom is -0.495 e. The Bertz CT molecular complexity index is 1630. The molecule has 0 unspecified atom stereocenters. The quantitative estimate of drug-likeness (QED) is 0.409. The fraction of sp³-hybridized carbons (Fsp3) is 0.467. The van der Waals surface area contributed by atoms with Crippen LogP contribution in [0.3, 0.4) is 0 Å². The molecule has 9 nitrogen and oxygen atoms in total. The number of nitrogens with zero attached hydrogens (tertiary/aromatic N) is 4. The number of rotatable bonds is 7. The highest BCUT2D eigenvalue weighted by molar-refractivity contribution is 7.91. The lowest BCUT2D eigenvalue weighted by atomic mass is 9.76. The molecule has 0 spiro atoms. The Kier molecular flexibility index (Phi) is 7.66. The van der Waals surface area contributed by atoms with E-state index in [1.807, 2.05) is 24.3 Å². The van der Waals surface area contributed by atoms with Crippen LogP contribution in [0.1, 0.15) is 50.1 Å². The van der Waals surface area contributed by atoms with Crippen molar-refractivity contribution in [2.75, 3.05) is 36.6 Å². The van der Waals surface area contributed by atoms with E-state index in [-0.39, 0.29) is 34.9 Å². The molecule has 6 rings (SSSR count). The van der Waals surface area contributed by atoms with Gasteiger partial charge >= 0.3 is 0 Å². The third-order valence-corrected chi connectivity index (χ3v) is 11.3. The number of sulfone groups is 1. The summed E-state index contributed by atoms with van der Waals surface area (Å²) in [6.07, 6.45) is 6.09. The topological polar surface area (TPSA) is 125 Å². The number of carbonyl (C=O) groups is 1. The van der Waals surface area contributed by atoms with Gasteiger partial charge in [0.15, 0.2) is 15.7 Å². The van der Waals surface area contributed by atoms with Crippen molar-refractivity contribution in [3.8, 4) is 33.0 Å². The van der Waals surface area contributed by atoms with E-state index in [9.17, 15) is 18.5 Å². The number of ether oxygens (including phenoxy) is 1. The fourth-order valence-electron chi connectivity index (χ4n) is 5.87. The number of methoxy groups -OCH3 is 1. The number of thiazole rings is 1. The molecule has 3 fully saturated rings. The minimum atomic E-state index is -2.99. The van der Waals surface area contributed by atoms with Gasteiger partial charge in [-0.2, -0.15) is 5.26 Å². The van der Waals surface area contributed by atoms with Crippen LogP contribution in [-0.2, 0) is 14.6 Å². The summed E-state index contributed by atoms with van der Waals surface area (Å²) in [4.78, 5) is 25.6. The number of pyridine rings is 1. The van der Waals surface area contributed by atoms with Gasteiger partial charge < -0.3 is 15.0 Å². The lowest BCUT2D eigenvalue weighted by molar-refractivity contribution is -0.127. The van der Waals surface area contributed by atoms with Crippen LogP contribution in [-0.4, -0.2) is 61.5 Å². The summed E-state index contributed by atoms with van der Waals surface area (Å²) in [6, 6.07) is 11.4. The number of aromatic nitrogens is 2. The zero-order chi connectivity index (χ0) is 29.5. The molecule has 1 aromatic carbocycles. The van der Waals surface area contributed by atoms with E-state index in [2.05, 4.69) is 21.3 Å². The molecule has 1 aliphatic heterocycles. The molecule has 1 saturated heterocycles. The van der Waals surface area contributed by atoms with Crippen LogP contribution in [0.15, 0.2) is 36.5 Å². The van der Waals surface area contributed by atoms with Gasteiger partial charge in [-0.15, -0.1) is 11.3 Å². The van der Waals surface area contributed by atoms with Crippen LogP contribution in [0, 0.1) is 23.1 Å². The SMILES string of the molecule is COc1cnc(-c2nc([C@@H]3CCCC[C@H]3C(=O)NC3(C#N)CC3)c(-c3ccc(N4CCS(=O)(=O)CC4)cc3)s2)c(F)c1. The molecule has 42 heavy (non-hydrogen) atoms. The molecule has 2 atom stereocenters. The second kappa shape index (κ2) is 11.3. The summed E-state index contributed by atoms with van der Waals surface area (Å²) in [7, 11) is -1.54. The first-order valence-electron chi connectivity index (χ1n) is 14.2. The van der Waals surface area contributed by atoms with Crippen LogP contribution in [0.4, 0.5) is 10.1 Å². The molecule has 12 heteroatoms. The second-order valence-corrected chi connectivity index (χ2v) is 14.6. The molecule has 1 N–H and O–H groups in total. The molecule has 2 saturated carbocycles. The van der Waals surface area contributed by atoms with Crippen molar-refractivity contribution in [2.45, 2.75) is 50.0 Å². The Morgan fingerprint density at radius 2 is 1.90 bits per heavy atom. The summed E-state index contributed by atoms with van der Waals surface area (Å²) in [6.45, 7) is 0.895. The average Bonchev–Trinajstić information content (AvgIpc) is 3.64. The maximum Gasteiger partial charge on any atom is 0.225 e. The molecule has 220 valence electrons. The molecular formula is C30H32FN5O4S2. The summed E-state index contributed by atoms with van der Waals surface area (Å²) in [5.41, 5.74) is 1.93. The third-order valence-electron chi connectivity index (χ3n) is 8.53. The van der Waals surface area contributed by atoms with Gasteiger partial charge in [0.1, 0.15) is 22.0 Å². The second-order valence-electron chi connectivity index (χ2n) is 11.3. The number of carbonyl (C=O) groups excluding carboxylic acids is 1. The molecule has 3 aliphatic rings. The Morgan fingerprint density at radius 3 is 2.55 bits per heavy atom. The third kappa shape index (κ3) is 5.72. The molecular weight excluding hydrogens is 577 g/mol. The van der Waals surface area contributed by atoms with E-state index in [0.717, 1.165) is 41.1 Å². The lowest BCUT2D eigenvalue weighted by Gasteiger charge is -2.31. The molecule has 3 heterocycles. The molecule has 3 aromatic rings. The lowest BCUT2D eigenvalue weighted by Crippen LogP contribution is -2.42. The first kappa shape index (κ1) is 28.6. The van der Waals surface area contributed by atoms with E-state index in [0.29, 0.717) is 43.1 Å². The van der Waals surface area contributed by atoms with Gasteiger partial charge in [-0.3, -0.25) is 4.79 Å². The van der Waals surface area contributed by atoms with Gasteiger partial charge in [0, 0.05) is 36.7 Å². The van der Waals surface area contributed by atoms with Crippen molar-refractivity contribution in [1.29, 1.82) is 5.26 Å². The Hall–Kier alpha value is -3.56. The van der Waals surface area contributed by atoms with Crippen LogP contribution in [0.5, 0.6) is 5.75 Å². The first-order chi connectivity index (χ1) is 20.2. The van der Waals surface area contributed by atoms with Crippen molar-refractivity contribution in [2.24, 2.45) is 5.92 Å². The zero-order valence-electron chi connectivity index (χ0n) is 23.3. The van der Waals surface area contributed by atoms with E-state index in [4.69, 9.17) is 9.72 Å². The predicted molar refractivity (Wildman–Crippen MR) is 159 cm³/mol. The summed E-state index contributed by atoms with van der Waals surface area (Å²) < 4.78 is 44.0. The Balaban J connectivity index is 1.37. The van der Waals surface area contributed by atoms with Crippen LogP contribution in [0.2, 0.25) is 0 Å². The zero-order valence-corrected chi connectivity index (χ0v) is 24.9. The Morgan fingerprint density at radius 1 is 1.19 bits per heavy atom. The van der Waals surface area contributed by atoms with E-state index in [1.54, 1.807) is 0 Å². The van der Waals surface area contributed by atoms with E-state index < -0.39 is 21.2 Å². The summed E-state index contributed by atoms with van der Waals surface area (Å²) in [5.74, 6) is -0.624. The number of halogens is 1. The average molecular weight is 610 g/mol. The van der Waals surface area contributed by atoms with Crippen molar-refractivity contribution in [3.63, 3.8) is 0 Å². The van der Waals surface area contributed by atoms with Gasteiger partial charge in [0.2, 0.25) is 5.91 Å². The number of hydrogen-bond acceptors (Lipinski definition) is 9. The van der Waals surface area contributed by atoms with Gasteiger partial charge in [-0.1, -0.05) is 25.0 Å². The van der Waals surface area contributed by atoms with Crippen molar-refractivity contribution in [1.82, 2.24) is 15.3 Å². The molecule has 2 aromatic heterocycles. The van der Waals surface area contributed by atoms with E-state index in [1.165, 1.54) is 30.7 Å². The van der Waals surface area contributed by atoms with Crippen molar-refractivity contribution in [3.05, 3.63) is 48.0 Å². The molecule has 0 radical (unpaired) electrons. The number of nitrogens with one attached hydrogen (secondary N) is 1. The van der Waals surface area contributed by atoms with E-state index >= 15 is 4.39 Å². The first-order valence-corrected chi connectivity index (χ1v) is 16.8. The number of nitriles is 1. The highest BCUT2D eigenvalue weighted by Gasteiger charge is 2.47. The highest BCUT2D eigenvalue weighted by Crippen LogP contribution is 2.47. The standard InChI is InChI=1S/C30H32FN5O4S2/c1-40-21-16-24(31)26(33-17-21)29-34-25(22-4-2-3-5-23(22)28(37)35-30(18-32)10-11-30)27(41-29)19-6-8-20(9-7-19)36-12-14-42(38,39)15-13-36/h6-9,16-17,22-23H,2-5,10-15H2,1H3,(H,35,37)/t22-,23-/m1/s1. The minimum absolute atomic E-state index is 0.122. The highest BCUT2D eigenvalue weighted by atomic mass is 32.2.